The molecule has 9 heteroatoms. The molecular weight excluding hydrogens is 370 g/mol. The van der Waals surface area contributed by atoms with E-state index in [2.05, 4.69) is 17.0 Å². The summed E-state index contributed by atoms with van der Waals surface area (Å²) in [5.74, 6) is -0.898. The average molecular weight is 393 g/mol. The topological polar surface area (TPSA) is 125 Å². The fraction of sp³-hybridized carbons (Fsp3) is 0.500. The number of benzene rings is 1. The lowest BCUT2D eigenvalue weighted by Gasteiger charge is -2.29. The lowest BCUT2D eigenvalue weighted by Crippen LogP contribution is -2.43. The first kappa shape index (κ1) is 20.9. The van der Waals surface area contributed by atoms with Gasteiger partial charge in [0.25, 0.3) is 5.91 Å². The molecule has 0 bridgehead atoms. The van der Waals surface area contributed by atoms with Gasteiger partial charge in [-0.25, -0.2) is 8.42 Å². The van der Waals surface area contributed by atoms with Crippen molar-refractivity contribution in [2.75, 3.05) is 13.2 Å². The lowest BCUT2D eigenvalue weighted by molar-refractivity contribution is -0.147. The molecule has 0 saturated heterocycles. The Bertz CT molecular complexity index is 832. The summed E-state index contributed by atoms with van der Waals surface area (Å²) < 4.78 is 31.3. The van der Waals surface area contributed by atoms with Gasteiger partial charge in [0.15, 0.2) is 6.61 Å². The minimum Gasteiger partial charge on any atom is -0.455 e. The van der Waals surface area contributed by atoms with Gasteiger partial charge in [0, 0.05) is 6.04 Å². The Balaban J connectivity index is 1.80. The zero-order chi connectivity index (χ0) is 19.9. The number of nitriles is 1. The molecule has 1 amide bonds. The van der Waals surface area contributed by atoms with Crippen molar-refractivity contribution in [2.24, 2.45) is 5.92 Å². The number of sulfonamides is 1. The Morgan fingerprint density at radius 1 is 1.26 bits per heavy atom. The lowest BCUT2D eigenvalue weighted by atomic mass is 9.86. The van der Waals surface area contributed by atoms with Crippen LogP contribution in [0.1, 0.15) is 38.2 Å². The molecule has 1 aromatic carbocycles. The van der Waals surface area contributed by atoms with E-state index in [0.717, 1.165) is 25.7 Å². The highest BCUT2D eigenvalue weighted by Gasteiger charge is 2.23. The largest absolute Gasteiger partial charge is 0.455 e. The maximum absolute atomic E-state index is 12.2. The Kier molecular flexibility index (Phi) is 7.33. The number of esters is 1. The highest BCUT2D eigenvalue weighted by Crippen LogP contribution is 2.23. The summed E-state index contributed by atoms with van der Waals surface area (Å²) >= 11 is 0. The molecule has 0 aliphatic heterocycles. The fourth-order valence-electron chi connectivity index (χ4n) is 3.00. The van der Waals surface area contributed by atoms with Crippen molar-refractivity contribution in [3.05, 3.63) is 29.8 Å². The predicted molar refractivity (Wildman–Crippen MR) is 96.9 cm³/mol. The van der Waals surface area contributed by atoms with Crippen LogP contribution in [0.5, 0.6) is 0 Å². The molecule has 1 aliphatic rings. The van der Waals surface area contributed by atoms with Crippen LogP contribution < -0.4 is 10.0 Å². The Morgan fingerprint density at radius 3 is 2.67 bits per heavy atom. The van der Waals surface area contributed by atoms with E-state index in [9.17, 15) is 18.0 Å². The molecule has 0 aromatic heterocycles. The second kappa shape index (κ2) is 9.48. The van der Waals surface area contributed by atoms with Gasteiger partial charge in [0.05, 0.1) is 10.5 Å². The van der Waals surface area contributed by atoms with E-state index < -0.39 is 35.1 Å². The third kappa shape index (κ3) is 6.05. The molecule has 1 aromatic rings. The summed E-state index contributed by atoms with van der Waals surface area (Å²) in [6.45, 7) is 0.984. The van der Waals surface area contributed by atoms with Crippen LogP contribution in [0.25, 0.3) is 0 Å². The number of nitrogens with one attached hydrogen (secondary N) is 2. The monoisotopic (exact) mass is 393 g/mol. The number of carbonyl (C=O) groups is 2. The van der Waals surface area contributed by atoms with E-state index in [-0.39, 0.29) is 16.5 Å². The molecule has 0 spiro atoms. The molecule has 0 unspecified atom stereocenters. The Labute approximate surface area is 158 Å². The maximum Gasteiger partial charge on any atom is 0.321 e. The van der Waals surface area contributed by atoms with Crippen LogP contribution >= 0.6 is 0 Å². The number of ether oxygens (including phenoxy) is 1. The molecule has 27 heavy (non-hydrogen) atoms. The second-order valence-corrected chi connectivity index (χ2v) is 8.26. The van der Waals surface area contributed by atoms with E-state index >= 15 is 0 Å². The highest BCUT2D eigenvalue weighted by molar-refractivity contribution is 7.89. The molecule has 2 rings (SSSR count). The molecule has 146 valence electrons. The van der Waals surface area contributed by atoms with Crippen molar-refractivity contribution >= 4 is 21.9 Å². The minimum atomic E-state index is -4.04. The molecule has 2 N–H and O–H groups in total. The number of hydrogen-bond acceptors (Lipinski definition) is 6. The van der Waals surface area contributed by atoms with Crippen LogP contribution in [0, 0.1) is 17.2 Å². The van der Waals surface area contributed by atoms with Gasteiger partial charge in [0.1, 0.15) is 12.6 Å². The smallest absolute Gasteiger partial charge is 0.321 e. The van der Waals surface area contributed by atoms with Gasteiger partial charge in [-0.2, -0.15) is 9.98 Å². The van der Waals surface area contributed by atoms with Crippen molar-refractivity contribution in [3.63, 3.8) is 0 Å². The van der Waals surface area contributed by atoms with Gasteiger partial charge < -0.3 is 10.1 Å². The van der Waals surface area contributed by atoms with Crippen LogP contribution in [-0.4, -0.2) is 39.5 Å². The van der Waals surface area contributed by atoms with Crippen LogP contribution in [0.4, 0.5) is 0 Å². The summed E-state index contributed by atoms with van der Waals surface area (Å²) in [5.41, 5.74) is -0.0284. The molecule has 0 heterocycles. The predicted octanol–water partition coefficient (Wildman–Crippen LogP) is 1.07. The molecule has 8 nitrogen and oxygen atoms in total. The van der Waals surface area contributed by atoms with Crippen LogP contribution in [0.2, 0.25) is 0 Å². The van der Waals surface area contributed by atoms with E-state index in [1.54, 1.807) is 6.07 Å². The van der Waals surface area contributed by atoms with Gasteiger partial charge >= 0.3 is 5.97 Å². The first-order chi connectivity index (χ1) is 12.8. The van der Waals surface area contributed by atoms with E-state index in [1.807, 2.05) is 0 Å². The number of amides is 1. The number of rotatable bonds is 7. The van der Waals surface area contributed by atoms with Gasteiger partial charge in [-0.15, -0.1) is 0 Å². The Morgan fingerprint density at radius 2 is 1.96 bits per heavy atom. The average Bonchev–Trinajstić information content (AvgIpc) is 2.66. The summed E-state index contributed by atoms with van der Waals surface area (Å²) in [4.78, 5) is 23.4. The van der Waals surface area contributed by atoms with Gasteiger partial charge in [-0.1, -0.05) is 31.9 Å². The van der Waals surface area contributed by atoms with Crippen molar-refractivity contribution in [1.82, 2.24) is 10.0 Å². The summed E-state index contributed by atoms with van der Waals surface area (Å²) in [7, 11) is -4.04. The minimum absolute atomic E-state index is 0.0284. The Hall–Kier alpha value is -2.44. The second-order valence-electron chi connectivity index (χ2n) is 6.53. The van der Waals surface area contributed by atoms with Crippen molar-refractivity contribution in [3.8, 4) is 6.07 Å². The zero-order valence-corrected chi connectivity index (χ0v) is 15.9. The van der Waals surface area contributed by atoms with Crippen LogP contribution in [0.3, 0.4) is 0 Å². The van der Waals surface area contributed by atoms with Gasteiger partial charge in [-0.3, -0.25) is 9.59 Å². The SMILES string of the molecule is C[C@H]1CCCC[C@H]1NC(=O)COC(=O)CNS(=O)(=O)c1ccccc1C#N. The van der Waals surface area contributed by atoms with Crippen LogP contribution in [-0.2, 0) is 24.3 Å². The normalized spacial score (nSPS) is 19.7. The quantitative estimate of drug-likeness (QED) is 0.668. The van der Waals surface area contributed by atoms with Crippen molar-refractivity contribution in [2.45, 2.75) is 43.5 Å². The zero-order valence-electron chi connectivity index (χ0n) is 15.1. The molecule has 1 saturated carbocycles. The number of nitrogens with zero attached hydrogens (tertiary/aromatic N) is 1. The molecular formula is C18H23N3O5S. The van der Waals surface area contributed by atoms with Gasteiger partial charge in [-0.05, 0) is 30.9 Å². The van der Waals surface area contributed by atoms with E-state index in [0.29, 0.717) is 5.92 Å². The molecule has 1 aliphatic carbocycles. The first-order valence-corrected chi connectivity index (χ1v) is 10.3. The third-order valence-corrected chi connectivity index (χ3v) is 5.99. The van der Waals surface area contributed by atoms with Crippen molar-refractivity contribution < 1.29 is 22.7 Å². The third-order valence-electron chi connectivity index (χ3n) is 4.53. The maximum atomic E-state index is 12.2. The summed E-state index contributed by atoms with van der Waals surface area (Å²) in [6.07, 6.45) is 4.16. The fourth-order valence-corrected chi connectivity index (χ4v) is 4.13. The number of hydrogen-bond donors (Lipinski definition) is 2. The first-order valence-electron chi connectivity index (χ1n) is 8.77. The molecule has 1 fully saturated rings. The molecule has 0 radical (unpaired) electrons. The van der Waals surface area contributed by atoms with E-state index in [4.69, 9.17) is 10.00 Å². The summed E-state index contributed by atoms with van der Waals surface area (Å²) in [6, 6.07) is 7.51. The molecule has 2 atom stereocenters. The van der Waals surface area contributed by atoms with Crippen molar-refractivity contribution in [1.29, 1.82) is 5.26 Å². The standard InChI is InChI=1S/C18H23N3O5S/c1-13-6-2-4-8-15(13)21-17(22)12-26-18(23)11-20-27(24,25)16-9-5-3-7-14(16)10-19/h3,5,7,9,13,15,20H,2,4,6,8,11-12H2,1H3,(H,21,22)/t13-,15+/m0/s1. The van der Waals surface area contributed by atoms with E-state index in [1.165, 1.54) is 24.3 Å². The van der Waals surface area contributed by atoms with Crippen LogP contribution in [0.15, 0.2) is 29.2 Å². The number of carbonyl (C=O) groups excluding carboxylic acids is 2. The highest BCUT2D eigenvalue weighted by atomic mass is 32.2. The van der Waals surface area contributed by atoms with Gasteiger partial charge in [0.2, 0.25) is 10.0 Å². The summed E-state index contributed by atoms with van der Waals surface area (Å²) in [5, 5.41) is 11.8.